The zero-order chi connectivity index (χ0) is 23.2. The minimum absolute atomic E-state index is 0.0703. The number of nitrogens with two attached hydrogens (primary N) is 2. The number of hydrogen-bond acceptors (Lipinski definition) is 4. The third-order valence-corrected chi connectivity index (χ3v) is 8.61. The van der Waals surface area contributed by atoms with Crippen LogP contribution in [0.4, 0.5) is 4.39 Å². The highest BCUT2D eigenvalue weighted by Crippen LogP contribution is 2.63. The summed E-state index contributed by atoms with van der Waals surface area (Å²) in [5.74, 6) is 9.80. The van der Waals surface area contributed by atoms with E-state index in [1.807, 2.05) is 13.8 Å². The van der Waals surface area contributed by atoms with Crippen LogP contribution in [-0.2, 0) is 4.79 Å². The monoisotopic (exact) mass is 438 g/mol. The molecule has 0 aromatic carbocycles. The topological polar surface area (TPSA) is 84.7 Å². The van der Waals surface area contributed by atoms with E-state index >= 15 is 0 Å². The van der Waals surface area contributed by atoms with Crippen molar-refractivity contribution in [3.63, 3.8) is 0 Å². The van der Waals surface area contributed by atoms with Crippen LogP contribution < -0.4 is 11.6 Å². The van der Waals surface area contributed by atoms with Gasteiger partial charge in [-0.25, -0.2) is 11.0 Å². The summed E-state index contributed by atoms with van der Waals surface area (Å²) in [6, 6.07) is 0. The first kappa shape index (κ1) is 26.1. The van der Waals surface area contributed by atoms with Crippen molar-refractivity contribution in [1.82, 2.24) is 5.12 Å². The predicted molar refractivity (Wildman–Crippen MR) is 127 cm³/mol. The second-order valence-corrected chi connectivity index (χ2v) is 10.2. The Kier molecular flexibility index (Phi) is 9.78. The Balaban J connectivity index is 0.00000166. The van der Waals surface area contributed by atoms with E-state index < -0.39 is 0 Å². The zero-order valence-corrected chi connectivity index (χ0v) is 20.6. The Hall–Kier alpha value is -1.17. The van der Waals surface area contributed by atoms with E-state index in [0.717, 1.165) is 31.6 Å². The molecule has 7 unspecified atom stereocenters. The normalized spacial score (nSPS) is 37.3. The number of halogens is 1. The smallest absolute Gasteiger partial charge is 0.159 e. The Bertz CT molecular complexity index is 608. The van der Waals surface area contributed by atoms with Gasteiger partial charge >= 0.3 is 0 Å². The first-order valence-electron chi connectivity index (χ1n) is 12.7. The van der Waals surface area contributed by atoms with Gasteiger partial charge in [-0.05, 0) is 86.9 Å². The number of amidine groups is 1. The van der Waals surface area contributed by atoms with E-state index in [4.69, 9.17) is 11.6 Å². The van der Waals surface area contributed by atoms with Gasteiger partial charge in [0.2, 0.25) is 0 Å². The van der Waals surface area contributed by atoms with Crippen LogP contribution in [0.25, 0.3) is 0 Å². The summed E-state index contributed by atoms with van der Waals surface area (Å²) in [5, 5.41) is 5.19. The van der Waals surface area contributed by atoms with Crippen molar-refractivity contribution in [1.29, 1.82) is 0 Å². The molecule has 0 spiro atoms. The van der Waals surface area contributed by atoms with Gasteiger partial charge in [0.25, 0.3) is 0 Å². The summed E-state index contributed by atoms with van der Waals surface area (Å²) < 4.78 is 13.1. The van der Waals surface area contributed by atoms with Crippen molar-refractivity contribution < 1.29 is 9.18 Å². The van der Waals surface area contributed by atoms with Gasteiger partial charge < -0.3 is 5.73 Å². The molecule has 5 nitrogen and oxygen atoms in total. The lowest BCUT2D eigenvalue weighted by Crippen LogP contribution is -2.49. The highest BCUT2D eigenvalue weighted by molar-refractivity contribution is 5.84. The number of ketones is 1. The van der Waals surface area contributed by atoms with Gasteiger partial charge in [0, 0.05) is 5.92 Å². The molecule has 3 rings (SSSR count). The van der Waals surface area contributed by atoms with E-state index in [9.17, 15) is 9.18 Å². The molecule has 0 aromatic rings. The fourth-order valence-electron chi connectivity index (χ4n) is 7.55. The second kappa shape index (κ2) is 11.6. The van der Waals surface area contributed by atoms with Crippen molar-refractivity contribution in [3.05, 3.63) is 0 Å². The molecule has 0 amide bonds. The number of Topliss-reactive ketones (excluding diaryl/α,β-unsaturated/α-hetero) is 1. The van der Waals surface area contributed by atoms with Gasteiger partial charge in [-0.3, -0.25) is 9.18 Å². The van der Waals surface area contributed by atoms with Gasteiger partial charge in [0.15, 0.2) is 5.78 Å². The summed E-state index contributed by atoms with van der Waals surface area (Å²) in [4.78, 5) is 13.1. The van der Waals surface area contributed by atoms with Crippen LogP contribution in [0.1, 0.15) is 92.4 Å². The Morgan fingerprint density at radius 2 is 1.84 bits per heavy atom. The molecule has 0 aliphatic heterocycles. The van der Waals surface area contributed by atoms with E-state index in [1.54, 1.807) is 6.92 Å². The fraction of sp³-hybridized carbons (Fsp3) is 0.920. The first-order valence-corrected chi connectivity index (χ1v) is 12.7. The highest BCUT2D eigenvalue weighted by atomic mass is 19.1. The summed E-state index contributed by atoms with van der Waals surface area (Å²) in [7, 11) is 0. The standard InChI is InChI=1S/C23H41FN4O.C2H6/c1-4-5-17-16(11-13-24)6-7-19-18(17)10-12-23(3)20(19)8-9-21(23)22(29)14-28(26)27-15(2)25;1-2/h16-21H,4-14,26H2,1-3H3,(H2,25,27);1-2H3. The molecule has 31 heavy (non-hydrogen) atoms. The predicted octanol–water partition coefficient (Wildman–Crippen LogP) is 5.29. The van der Waals surface area contributed by atoms with Crippen molar-refractivity contribution in [2.75, 3.05) is 13.2 Å². The minimum Gasteiger partial charge on any atom is -0.386 e. The lowest BCUT2D eigenvalue weighted by molar-refractivity contribution is -0.131. The molecular weight excluding hydrogens is 391 g/mol. The fourth-order valence-corrected chi connectivity index (χ4v) is 7.55. The zero-order valence-electron chi connectivity index (χ0n) is 20.6. The number of alkyl halides is 1. The SMILES string of the molecule is CC.CCCC1C(CCF)CCC2C1CCC1(C)C(C(=O)CN(N)/N=C(/C)N)CCC21. The number of carbonyl (C=O) groups excluding carboxylic acids is 1. The quantitative estimate of drug-likeness (QED) is 0.233. The van der Waals surface area contributed by atoms with Crippen LogP contribution in [-0.4, -0.2) is 30.0 Å². The van der Waals surface area contributed by atoms with Crippen LogP contribution in [0.15, 0.2) is 5.10 Å². The van der Waals surface area contributed by atoms with Gasteiger partial charge in [0.1, 0.15) is 12.4 Å². The molecule has 0 heterocycles. The van der Waals surface area contributed by atoms with Crippen LogP contribution >= 0.6 is 0 Å². The van der Waals surface area contributed by atoms with Crippen LogP contribution in [0.2, 0.25) is 0 Å². The molecule has 0 saturated heterocycles. The van der Waals surface area contributed by atoms with Crippen LogP contribution in [0.5, 0.6) is 0 Å². The van der Waals surface area contributed by atoms with Crippen molar-refractivity contribution in [3.8, 4) is 0 Å². The van der Waals surface area contributed by atoms with Crippen molar-refractivity contribution >= 4 is 11.6 Å². The van der Waals surface area contributed by atoms with E-state index in [0.29, 0.717) is 29.5 Å². The second-order valence-electron chi connectivity index (χ2n) is 10.2. The van der Waals surface area contributed by atoms with Gasteiger partial charge in [-0.15, -0.1) is 5.10 Å². The number of nitrogens with zero attached hydrogens (tertiary/aromatic N) is 2. The Morgan fingerprint density at radius 1 is 1.13 bits per heavy atom. The maximum Gasteiger partial charge on any atom is 0.159 e. The lowest BCUT2D eigenvalue weighted by atomic mass is 9.50. The van der Waals surface area contributed by atoms with Crippen molar-refractivity contribution in [2.24, 2.45) is 57.6 Å². The Morgan fingerprint density at radius 3 is 2.45 bits per heavy atom. The van der Waals surface area contributed by atoms with E-state index in [2.05, 4.69) is 18.9 Å². The van der Waals surface area contributed by atoms with Crippen LogP contribution in [0, 0.1) is 40.9 Å². The third-order valence-electron chi connectivity index (χ3n) is 8.61. The molecule has 3 aliphatic carbocycles. The molecule has 180 valence electrons. The summed E-state index contributed by atoms with van der Waals surface area (Å²) >= 11 is 0. The summed E-state index contributed by atoms with van der Waals surface area (Å²) in [6.07, 6.45) is 9.97. The van der Waals surface area contributed by atoms with E-state index in [1.165, 1.54) is 37.2 Å². The molecule has 0 radical (unpaired) electrons. The van der Waals surface area contributed by atoms with E-state index in [-0.39, 0.29) is 30.3 Å². The summed E-state index contributed by atoms with van der Waals surface area (Å²) in [6.45, 7) is 10.2. The molecule has 6 heteroatoms. The molecule has 4 N–H and O–H groups in total. The summed E-state index contributed by atoms with van der Waals surface area (Å²) in [5.41, 5.74) is 5.67. The van der Waals surface area contributed by atoms with Gasteiger partial charge in [0.05, 0.1) is 6.67 Å². The first-order chi connectivity index (χ1) is 14.8. The van der Waals surface area contributed by atoms with Gasteiger partial charge in [-0.1, -0.05) is 40.5 Å². The number of hydrazine groups is 1. The number of carbonyl (C=O) groups is 1. The molecule has 0 bridgehead atoms. The van der Waals surface area contributed by atoms with Gasteiger partial charge in [-0.2, -0.15) is 0 Å². The number of rotatable bonds is 8. The molecule has 3 saturated carbocycles. The molecule has 3 fully saturated rings. The average molecular weight is 439 g/mol. The number of hydrazone groups is 1. The maximum atomic E-state index is 13.1. The lowest BCUT2D eigenvalue weighted by Gasteiger charge is -2.54. The molecule has 0 aromatic heterocycles. The largest absolute Gasteiger partial charge is 0.386 e. The third kappa shape index (κ3) is 5.61. The highest BCUT2D eigenvalue weighted by Gasteiger charge is 2.57. The number of fused-ring (bicyclic) bond motifs is 3. The number of hydrogen-bond donors (Lipinski definition) is 2. The maximum absolute atomic E-state index is 13.1. The molecule has 3 aliphatic rings. The van der Waals surface area contributed by atoms with Crippen molar-refractivity contribution in [2.45, 2.75) is 92.4 Å². The average Bonchev–Trinajstić information content (AvgIpc) is 3.08. The van der Waals surface area contributed by atoms with Crippen LogP contribution in [0.3, 0.4) is 0 Å². The minimum atomic E-state index is -0.180. The molecular formula is C25H47FN4O. The molecule has 7 atom stereocenters. The Labute approximate surface area is 189 Å².